The van der Waals surface area contributed by atoms with Crippen LogP contribution >= 0.6 is 0 Å². The van der Waals surface area contributed by atoms with Crippen molar-refractivity contribution in [2.75, 3.05) is 0 Å². The minimum absolute atomic E-state index is 0.0669. The average Bonchev–Trinajstić information content (AvgIpc) is 3.43. The molecule has 0 amide bonds. The highest BCUT2D eigenvalue weighted by molar-refractivity contribution is 5.66. The Hall–Kier alpha value is -2.14. The van der Waals surface area contributed by atoms with Gasteiger partial charge in [-0.25, -0.2) is 17.6 Å². The first-order valence-electron chi connectivity index (χ1n) is 11.3. The van der Waals surface area contributed by atoms with Crippen LogP contribution in [-0.4, -0.2) is 0 Å². The van der Waals surface area contributed by atoms with Gasteiger partial charge in [0.25, 0.3) is 5.85 Å². The summed E-state index contributed by atoms with van der Waals surface area (Å²) < 4.78 is 62.1. The summed E-state index contributed by atoms with van der Waals surface area (Å²) in [6, 6.07) is 7.31. The lowest BCUT2D eigenvalue weighted by atomic mass is 9.75. The van der Waals surface area contributed by atoms with Crippen LogP contribution in [0.25, 0.3) is 6.08 Å². The first-order chi connectivity index (χ1) is 14.9. The van der Waals surface area contributed by atoms with Gasteiger partial charge in [0.05, 0.1) is 0 Å². The van der Waals surface area contributed by atoms with Crippen LogP contribution in [0, 0.1) is 23.4 Å². The highest BCUT2D eigenvalue weighted by Crippen LogP contribution is 2.67. The van der Waals surface area contributed by atoms with Crippen LogP contribution in [0.2, 0.25) is 0 Å². The molecular formula is C26H26F4O. The number of epoxide rings is 1. The number of rotatable bonds is 5. The number of benzene rings is 2. The van der Waals surface area contributed by atoms with Crippen molar-refractivity contribution in [3.8, 4) is 0 Å². The Morgan fingerprint density at radius 2 is 1.71 bits per heavy atom. The largest absolute Gasteiger partial charge is 0.317 e. The second kappa shape index (κ2) is 7.47. The highest BCUT2D eigenvalue weighted by Gasteiger charge is 2.74. The topological polar surface area (TPSA) is 12.5 Å². The Bertz CT molecular complexity index is 1020. The summed E-state index contributed by atoms with van der Waals surface area (Å²) in [7, 11) is 0. The van der Waals surface area contributed by atoms with Crippen LogP contribution in [0.5, 0.6) is 0 Å². The quantitative estimate of drug-likeness (QED) is 0.270. The van der Waals surface area contributed by atoms with Crippen molar-refractivity contribution in [1.82, 2.24) is 0 Å². The summed E-state index contributed by atoms with van der Waals surface area (Å²) >= 11 is 0. The van der Waals surface area contributed by atoms with Gasteiger partial charge in [-0.2, -0.15) is 0 Å². The SMILES string of the molecule is CCCCC1CCC(c2ccc3c(c2)C=CC2(c4cc(F)c(F)c(F)c4)OC32F)CC1. The van der Waals surface area contributed by atoms with E-state index in [2.05, 4.69) is 6.92 Å². The molecule has 31 heavy (non-hydrogen) atoms. The summed E-state index contributed by atoms with van der Waals surface area (Å²) in [6.45, 7) is 2.23. The molecular weight excluding hydrogens is 404 g/mol. The van der Waals surface area contributed by atoms with Gasteiger partial charge in [-0.15, -0.1) is 0 Å². The minimum atomic E-state index is -2.20. The second-order valence-corrected chi connectivity index (χ2v) is 9.23. The Kier molecular flexibility index (Phi) is 5.00. The van der Waals surface area contributed by atoms with E-state index in [1.54, 1.807) is 12.1 Å². The number of hydrogen-bond donors (Lipinski definition) is 0. The molecule has 1 saturated carbocycles. The molecule has 164 valence electrons. The van der Waals surface area contributed by atoms with Crippen LogP contribution < -0.4 is 0 Å². The molecule has 5 rings (SSSR count). The molecule has 5 heteroatoms. The maximum absolute atomic E-state index is 15.8. The Morgan fingerprint density at radius 1 is 1.00 bits per heavy atom. The lowest BCUT2D eigenvalue weighted by molar-refractivity contribution is 0.140. The molecule has 2 unspecified atom stereocenters. The molecule has 0 radical (unpaired) electrons. The van der Waals surface area contributed by atoms with Crippen molar-refractivity contribution in [3.05, 3.63) is 76.1 Å². The van der Waals surface area contributed by atoms with Crippen molar-refractivity contribution in [1.29, 1.82) is 0 Å². The highest BCUT2D eigenvalue weighted by atomic mass is 19.2. The molecule has 2 fully saturated rings. The number of hydrogen-bond acceptors (Lipinski definition) is 1. The molecule has 1 nitrogen and oxygen atoms in total. The smallest absolute Gasteiger partial charge is 0.274 e. The molecule has 2 aliphatic carbocycles. The van der Waals surface area contributed by atoms with Crippen molar-refractivity contribution in [2.45, 2.75) is 69.2 Å². The number of halogens is 4. The zero-order valence-electron chi connectivity index (χ0n) is 17.6. The minimum Gasteiger partial charge on any atom is -0.317 e. The van der Waals surface area contributed by atoms with Crippen LogP contribution in [0.15, 0.2) is 36.4 Å². The normalized spacial score (nSPS) is 31.3. The fourth-order valence-corrected chi connectivity index (χ4v) is 5.45. The standard InChI is InChI=1S/C26H26F4O/c1-2-3-4-16-5-7-17(8-6-16)18-9-10-21-19(13-18)11-12-25(26(21,30)31-25)20-14-22(27)24(29)23(28)15-20/h9-17H,2-8H2,1H3. The summed E-state index contributed by atoms with van der Waals surface area (Å²) in [5, 5.41) is 0. The lowest BCUT2D eigenvalue weighted by Crippen LogP contribution is -2.21. The third-order valence-electron chi connectivity index (χ3n) is 7.35. The maximum Gasteiger partial charge on any atom is 0.274 e. The van der Waals surface area contributed by atoms with E-state index in [1.807, 2.05) is 12.1 Å². The van der Waals surface area contributed by atoms with Crippen LogP contribution in [0.4, 0.5) is 17.6 Å². The summed E-state index contributed by atoms with van der Waals surface area (Å²) in [5.74, 6) is -5.19. The van der Waals surface area contributed by atoms with Gasteiger partial charge in [-0.3, -0.25) is 0 Å². The predicted octanol–water partition coefficient (Wildman–Crippen LogP) is 7.64. The van der Waals surface area contributed by atoms with E-state index in [9.17, 15) is 13.2 Å². The number of unbranched alkanes of at least 4 members (excludes halogenated alkanes) is 1. The third-order valence-corrected chi connectivity index (χ3v) is 7.35. The van der Waals surface area contributed by atoms with E-state index in [0.29, 0.717) is 11.5 Å². The molecule has 0 N–H and O–H groups in total. The first-order valence-corrected chi connectivity index (χ1v) is 11.3. The van der Waals surface area contributed by atoms with E-state index in [4.69, 9.17) is 4.74 Å². The van der Waals surface area contributed by atoms with Crippen LogP contribution in [-0.2, 0) is 16.2 Å². The second-order valence-electron chi connectivity index (χ2n) is 9.23. The van der Waals surface area contributed by atoms with E-state index in [1.165, 1.54) is 43.7 Å². The molecule has 0 aromatic heterocycles. The van der Waals surface area contributed by atoms with Crippen molar-refractivity contribution >= 4 is 6.08 Å². The van der Waals surface area contributed by atoms with Gasteiger partial charge in [-0.1, -0.05) is 50.5 Å². The number of fused-ring (bicyclic) bond motifs is 3. The van der Waals surface area contributed by atoms with E-state index in [0.717, 1.165) is 36.5 Å². The Morgan fingerprint density at radius 3 is 2.39 bits per heavy atom. The Labute approximate surface area is 180 Å². The molecule has 3 aliphatic rings. The number of ether oxygens (including phenoxy) is 1. The van der Waals surface area contributed by atoms with E-state index < -0.39 is 28.9 Å². The van der Waals surface area contributed by atoms with Gasteiger partial charge in [-0.05, 0) is 66.9 Å². The molecule has 1 heterocycles. The molecule has 2 atom stereocenters. The summed E-state index contributed by atoms with van der Waals surface area (Å²) in [4.78, 5) is 0. The monoisotopic (exact) mass is 430 g/mol. The van der Waals surface area contributed by atoms with Gasteiger partial charge >= 0.3 is 0 Å². The summed E-state index contributed by atoms with van der Waals surface area (Å²) in [5.41, 5.74) is 0.592. The zero-order chi connectivity index (χ0) is 21.8. The van der Waals surface area contributed by atoms with Gasteiger partial charge < -0.3 is 4.74 Å². The summed E-state index contributed by atoms with van der Waals surface area (Å²) in [6.07, 6.45) is 11.8. The van der Waals surface area contributed by atoms with Gasteiger partial charge in [0.15, 0.2) is 23.1 Å². The zero-order valence-corrected chi connectivity index (χ0v) is 17.6. The van der Waals surface area contributed by atoms with E-state index in [-0.39, 0.29) is 5.56 Å². The molecule has 0 bridgehead atoms. The van der Waals surface area contributed by atoms with Gasteiger partial charge in [0.1, 0.15) is 0 Å². The fourth-order valence-electron chi connectivity index (χ4n) is 5.45. The molecule has 2 aromatic rings. The van der Waals surface area contributed by atoms with Crippen LogP contribution in [0.3, 0.4) is 0 Å². The molecule has 1 saturated heterocycles. The van der Waals surface area contributed by atoms with Crippen molar-refractivity contribution < 1.29 is 22.3 Å². The van der Waals surface area contributed by atoms with Crippen molar-refractivity contribution in [2.24, 2.45) is 5.92 Å². The predicted molar refractivity (Wildman–Crippen MR) is 112 cm³/mol. The molecule has 0 spiro atoms. The van der Waals surface area contributed by atoms with E-state index >= 15 is 4.39 Å². The first kappa shape index (κ1) is 20.7. The average molecular weight is 430 g/mol. The van der Waals surface area contributed by atoms with Gasteiger partial charge in [0, 0.05) is 11.1 Å². The third kappa shape index (κ3) is 3.24. The lowest BCUT2D eigenvalue weighted by Gasteiger charge is -2.29. The molecule has 1 aliphatic heterocycles. The maximum atomic E-state index is 15.8. The van der Waals surface area contributed by atoms with Crippen LogP contribution in [0.1, 0.15) is 80.0 Å². The molecule has 2 aromatic carbocycles. The van der Waals surface area contributed by atoms with Gasteiger partial charge in [0.2, 0.25) is 0 Å². The Balaban J connectivity index is 1.38. The number of alkyl halides is 1. The van der Waals surface area contributed by atoms with Crippen molar-refractivity contribution in [3.63, 3.8) is 0 Å². The fraction of sp³-hybridized carbons (Fsp3) is 0.462.